The maximum Gasteiger partial charge on any atom is 0.316 e. The van der Waals surface area contributed by atoms with Crippen molar-refractivity contribution >= 4 is 17.7 Å². The van der Waals surface area contributed by atoms with E-state index < -0.39 is 0 Å². The summed E-state index contributed by atoms with van der Waals surface area (Å²) in [5.74, 6) is -0.00229. The summed E-state index contributed by atoms with van der Waals surface area (Å²) in [6.45, 7) is 1.21. The van der Waals surface area contributed by atoms with Gasteiger partial charge in [0, 0.05) is 31.6 Å². The molecule has 0 aromatic carbocycles. The van der Waals surface area contributed by atoms with Gasteiger partial charge >= 0.3 is 6.01 Å². The molecule has 1 fully saturated rings. The van der Waals surface area contributed by atoms with Crippen LogP contribution in [-0.4, -0.2) is 51.2 Å². The number of likely N-dealkylation sites (tertiary alicyclic amines) is 1. The lowest BCUT2D eigenvalue weighted by Gasteiger charge is -2.17. The Morgan fingerprint density at radius 3 is 2.82 bits per heavy atom. The molecule has 22 heavy (non-hydrogen) atoms. The molecule has 1 unspecified atom stereocenters. The van der Waals surface area contributed by atoms with Gasteiger partial charge < -0.3 is 9.64 Å². The lowest BCUT2D eigenvalue weighted by atomic mass is 10.2. The Morgan fingerprint density at radius 2 is 2.05 bits per heavy atom. The maximum absolute atomic E-state index is 12.6. The fraction of sp³-hybridized carbons (Fsp3) is 0.333. The van der Waals surface area contributed by atoms with Crippen LogP contribution in [0.15, 0.2) is 41.8 Å². The lowest BCUT2D eigenvalue weighted by Crippen LogP contribution is -2.31. The van der Waals surface area contributed by atoms with Crippen molar-refractivity contribution in [1.29, 1.82) is 0 Å². The lowest BCUT2D eigenvalue weighted by molar-refractivity contribution is 0.0765. The minimum atomic E-state index is -0.0687. The number of carbonyl (C=O) groups is 1. The summed E-state index contributed by atoms with van der Waals surface area (Å²) in [4.78, 5) is 26.7. The minimum Gasteiger partial charge on any atom is -0.458 e. The molecule has 0 aliphatic carbocycles. The van der Waals surface area contributed by atoms with Gasteiger partial charge in [-0.2, -0.15) is 0 Å². The van der Waals surface area contributed by atoms with Crippen LogP contribution in [0.2, 0.25) is 0 Å². The predicted molar refractivity (Wildman–Crippen MR) is 83.0 cm³/mol. The van der Waals surface area contributed by atoms with Crippen molar-refractivity contribution in [2.75, 3.05) is 19.3 Å². The van der Waals surface area contributed by atoms with Crippen molar-refractivity contribution < 1.29 is 9.53 Å². The predicted octanol–water partition coefficient (Wildman–Crippen LogP) is 1.89. The van der Waals surface area contributed by atoms with Crippen molar-refractivity contribution in [3.05, 3.63) is 42.4 Å². The summed E-state index contributed by atoms with van der Waals surface area (Å²) in [7, 11) is 0. The highest BCUT2D eigenvalue weighted by atomic mass is 32.2. The second-order valence-corrected chi connectivity index (χ2v) is 5.67. The molecule has 114 valence electrons. The van der Waals surface area contributed by atoms with E-state index in [1.165, 1.54) is 11.8 Å². The van der Waals surface area contributed by atoms with Gasteiger partial charge in [-0.15, -0.1) is 11.8 Å². The Morgan fingerprint density at radius 1 is 1.27 bits per heavy atom. The van der Waals surface area contributed by atoms with Crippen LogP contribution in [0.25, 0.3) is 0 Å². The van der Waals surface area contributed by atoms with Gasteiger partial charge in [-0.3, -0.25) is 4.79 Å². The molecule has 0 N–H and O–H groups in total. The van der Waals surface area contributed by atoms with Crippen LogP contribution >= 0.6 is 11.8 Å². The topological polar surface area (TPSA) is 68.2 Å². The van der Waals surface area contributed by atoms with Gasteiger partial charge in [0.1, 0.15) is 11.1 Å². The van der Waals surface area contributed by atoms with Gasteiger partial charge in [-0.05, 0) is 24.5 Å². The molecular formula is C15H16N4O2S. The van der Waals surface area contributed by atoms with E-state index in [9.17, 15) is 4.79 Å². The first-order valence-electron chi connectivity index (χ1n) is 7.00. The third-order valence-electron chi connectivity index (χ3n) is 3.44. The molecule has 1 aliphatic rings. The molecule has 0 saturated carbocycles. The van der Waals surface area contributed by atoms with Crippen molar-refractivity contribution in [3.63, 3.8) is 0 Å². The smallest absolute Gasteiger partial charge is 0.316 e. The third-order valence-corrected chi connectivity index (χ3v) is 4.15. The zero-order chi connectivity index (χ0) is 15.4. The van der Waals surface area contributed by atoms with Crippen molar-refractivity contribution in [2.45, 2.75) is 17.6 Å². The first-order valence-corrected chi connectivity index (χ1v) is 8.22. The number of carbonyl (C=O) groups excluding carboxylic acids is 1. The second-order valence-electron chi connectivity index (χ2n) is 4.87. The summed E-state index contributed by atoms with van der Waals surface area (Å²) in [5.41, 5.74) is 0.645. The number of thioether (sulfide) groups is 1. The first-order chi connectivity index (χ1) is 10.8. The number of hydrogen-bond acceptors (Lipinski definition) is 6. The Labute approximate surface area is 132 Å². The van der Waals surface area contributed by atoms with Gasteiger partial charge in [0.2, 0.25) is 0 Å². The molecule has 1 aliphatic heterocycles. The highest BCUT2D eigenvalue weighted by molar-refractivity contribution is 7.98. The van der Waals surface area contributed by atoms with E-state index in [1.807, 2.05) is 12.3 Å². The normalized spacial score (nSPS) is 17.5. The highest BCUT2D eigenvalue weighted by Crippen LogP contribution is 2.22. The number of hydrogen-bond donors (Lipinski definition) is 0. The number of aromatic nitrogens is 3. The SMILES string of the molecule is CSc1ncccc1C(=O)N1CCC(Oc2ncccn2)C1. The fourth-order valence-electron chi connectivity index (χ4n) is 2.39. The Kier molecular flexibility index (Phi) is 4.53. The number of nitrogens with zero attached hydrogens (tertiary/aromatic N) is 4. The molecule has 0 radical (unpaired) electrons. The van der Waals surface area contributed by atoms with Gasteiger partial charge in [0.15, 0.2) is 0 Å². The average molecular weight is 316 g/mol. The zero-order valence-electron chi connectivity index (χ0n) is 12.2. The van der Waals surface area contributed by atoms with Gasteiger partial charge in [-0.25, -0.2) is 15.0 Å². The molecule has 1 atom stereocenters. The van der Waals surface area contributed by atoms with Crippen LogP contribution in [0.1, 0.15) is 16.8 Å². The van der Waals surface area contributed by atoms with E-state index >= 15 is 0 Å². The minimum absolute atomic E-state index is 0.00229. The quantitative estimate of drug-likeness (QED) is 0.802. The van der Waals surface area contributed by atoms with E-state index in [-0.39, 0.29) is 12.0 Å². The Hall–Kier alpha value is -2.15. The molecule has 3 heterocycles. The molecule has 1 saturated heterocycles. The zero-order valence-corrected chi connectivity index (χ0v) is 13.0. The number of ether oxygens (including phenoxy) is 1. The molecule has 0 spiro atoms. The first kappa shape index (κ1) is 14.8. The second kappa shape index (κ2) is 6.74. The molecular weight excluding hydrogens is 300 g/mol. The Balaban J connectivity index is 1.66. The molecule has 2 aromatic heterocycles. The van der Waals surface area contributed by atoms with Crippen molar-refractivity contribution in [1.82, 2.24) is 19.9 Å². The van der Waals surface area contributed by atoms with Gasteiger partial charge in [0.05, 0.1) is 12.1 Å². The summed E-state index contributed by atoms with van der Waals surface area (Å²) in [6, 6.07) is 5.70. The summed E-state index contributed by atoms with van der Waals surface area (Å²) < 4.78 is 5.71. The van der Waals surface area contributed by atoms with Crippen molar-refractivity contribution in [2.24, 2.45) is 0 Å². The molecule has 1 amide bonds. The molecule has 0 bridgehead atoms. The fourth-order valence-corrected chi connectivity index (χ4v) is 2.93. The van der Waals surface area contributed by atoms with Crippen LogP contribution in [-0.2, 0) is 0 Å². The van der Waals surface area contributed by atoms with Gasteiger partial charge in [0.25, 0.3) is 5.91 Å². The summed E-state index contributed by atoms with van der Waals surface area (Å²) in [5, 5.41) is 0.753. The number of pyridine rings is 1. The number of amides is 1. The van der Waals surface area contributed by atoms with Crippen LogP contribution in [0, 0.1) is 0 Å². The maximum atomic E-state index is 12.6. The van der Waals surface area contributed by atoms with Crippen LogP contribution in [0.5, 0.6) is 6.01 Å². The van der Waals surface area contributed by atoms with Crippen LogP contribution in [0.4, 0.5) is 0 Å². The van der Waals surface area contributed by atoms with E-state index in [1.54, 1.807) is 35.6 Å². The van der Waals surface area contributed by atoms with E-state index in [0.29, 0.717) is 24.7 Å². The van der Waals surface area contributed by atoms with Crippen LogP contribution in [0.3, 0.4) is 0 Å². The molecule has 7 heteroatoms. The Bertz CT molecular complexity index is 653. The van der Waals surface area contributed by atoms with E-state index in [4.69, 9.17) is 4.74 Å². The molecule has 3 rings (SSSR count). The van der Waals surface area contributed by atoms with Crippen molar-refractivity contribution in [3.8, 4) is 6.01 Å². The monoisotopic (exact) mass is 316 g/mol. The van der Waals surface area contributed by atoms with Crippen LogP contribution < -0.4 is 4.74 Å². The van der Waals surface area contributed by atoms with E-state index in [0.717, 1.165) is 11.4 Å². The largest absolute Gasteiger partial charge is 0.458 e. The summed E-state index contributed by atoms with van der Waals surface area (Å²) in [6.07, 6.45) is 7.60. The summed E-state index contributed by atoms with van der Waals surface area (Å²) >= 11 is 1.48. The van der Waals surface area contributed by atoms with E-state index in [2.05, 4.69) is 15.0 Å². The number of rotatable bonds is 4. The standard InChI is InChI=1S/C15H16N4O2S/c1-22-13-12(4-2-6-16-13)14(20)19-9-5-11(10-19)21-15-17-7-3-8-18-15/h2-4,6-8,11H,5,9-10H2,1H3. The highest BCUT2D eigenvalue weighted by Gasteiger charge is 2.29. The molecule has 2 aromatic rings. The van der Waals surface area contributed by atoms with Gasteiger partial charge in [-0.1, -0.05) is 0 Å². The third kappa shape index (κ3) is 3.19. The molecule has 6 nitrogen and oxygen atoms in total. The average Bonchev–Trinajstić information content (AvgIpc) is 3.03.